The number of aryl methyl sites for hydroxylation is 1. The highest BCUT2D eigenvalue weighted by Crippen LogP contribution is 2.21. The lowest BCUT2D eigenvalue weighted by Gasteiger charge is -2.24. The minimum Gasteiger partial charge on any atom is -0.355 e. The van der Waals surface area contributed by atoms with Crippen LogP contribution in [0, 0.1) is 12.3 Å². The van der Waals surface area contributed by atoms with Crippen molar-refractivity contribution in [3.63, 3.8) is 0 Å². The summed E-state index contributed by atoms with van der Waals surface area (Å²) in [5, 5.41) is 4.07. The minimum atomic E-state index is 0.109. The van der Waals surface area contributed by atoms with Gasteiger partial charge in [-0.05, 0) is 30.7 Å². The number of benzene rings is 1. The number of hydrogen-bond acceptors (Lipinski definition) is 1. The first-order chi connectivity index (χ1) is 8.93. The molecule has 1 N–H and O–H groups in total. The van der Waals surface area contributed by atoms with E-state index in [1.807, 2.05) is 25.1 Å². The molecule has 0 aliphatic heterocycles. The van der Waals surface area contributed by atoms with E-state index in [1.165, 1.54) is 5.56 Å². The zero-order chi connectivity index (χ0) is 14.3. The molecule has 1 aromatic carbocycles. The average Bonchev–Trinajstić information content (AvgIpc) is 2.34. The van der Waals surface area contributed by atoms with Gasteiger partial charge in [-0.25, -0.2) is 0 Å². The van der Waals surface area contributed by atoms with Gasteiger partial charge in [-0.2, -0.15) is 0 Å². The second kappa shape index (κ2) is 7.68. The summed E-state index contributed by atoms with van der Waals surface area (Å²) in [6, 6.07) is 8.11. The van der Waals surface area contributed by atoms with Crippen molar-refractivity contribution in [3.05, 3.63) is 35.4 Å². The van der Waals surface area contributed by atoms with E-state index in [9.17, 15) is 4.79 Å². The molecule has 0 aliphatic carbocycles. The molecule has 0 unspecified atom stereocenters. The Labute approximate surface area is 125 Å². The molecule has 0 fully saturated rings. The van der Waals surface area contributed by atoms with Gasteiger partial charge in [0.1, 0.15) is 0 Å². The molecule has 106 valence electrons. The molecule has 19 heavy (non-hydrogen) atoms. The fourth-order valence-corrected chi connectivity index (χ4v) is 2.32. The topological polar surface area (TPSA) is 29.1 Å². The van der Waals surface area contributed by atoms with Crippen LogP contribution < -0.4 is 5.32 Å². The number of carbonyl (C=O) groups excluding carboxylic acids is 1. The summed E-state index contributed by atoms with van der Waals surface area (Å²) < 4.78 is 0. The van der Waals surface area contributed by atoms with Gasteiger partial charge in [0.05, 0.1) is 6.42 Å². The maximum Gasteiger partial charge on any atom is 0.224 e. The molecule has 1 rings (SSSR count). The van der Waals surface area contributed by atoms with Gasteiger partial charge in [-0.15, -0.1) is 0 Å². The van der Waals surface area contributed by atoms with Crippen molar-refractivity contribution in [2.24, 2.45) is 5.41 Å². The highest BCUT2D eigenvalue weighted by Gasteiger charge is 2.18. The van der Waals surface area contributed by atoms with Crippen LogP contribution in [0.3, 0.4) is 0 Å². The highest BCUT2D eigenvalue weighted by atomic mass is 79.9. The fourth-order valence-electron chi connectivity index (χ4n) is 2.04. The molecule has 0 radical (unpaired) electrons. The van der Waals surface area contributed by atoms with E-state index in [-0.39, 0.29) is 11.3 Å². The van der Waals surface area contributed by atoms with Gasteiger partial charge in [-0.3, -0.25) is 4.79 Å². The zero-order valence-electron chi connectivity index (χ0n) is 12.1. The van der Waals surface area contributed by atoms with Crippen molar-refractivity contribution in [2.45, 2.75) is 40.0 Å². The quantitative estimate of drug-likeness (QED) is 0.758. The van der Waals surface area contributed by atoms with Gasteiger partial charge in [-0.1, -0.05) is 59.6 Å². The molecule has 0 spiro atoms. The Morgan fingerprint density at radius 1 is 1.37 bits per heavy atom. The second-order valence-corrected chi connectivity index (χ2v) is 6.69. The molecule has 0 aromatic heterocycles. The van der Waals surface area contributed by atoms with E-state index < -0.39 is 0 Å². The SMILES string of the molecule is Cc1cccc(CC(=O)NCC(C)(C)CCCBr)c1. The smallest absolute Gasteiger partial charge is 0.224 e. The van der Waals surface area contributed by atoms with Gasteiger partial charge in [0.15, 0.2) is 0 Å². The van der Waals surface area contributed by atoms with Gasteiger partial charge in [0.2, 0.25) is 5.91 Å². The van der Waals surface area contributed by atoms with Crippen LogP contribution in [-0.2, 0) is 11.2 Å². The van der Waals surface area contributed by atoms with E-state index >= 15 is 0 Å². The third-order valence-corrected chi connectivity index (χ3v) is 3.76. The predicted octanol–water partition coefficient (Wildman–Crippen LogP) is 3.86. The number of halogens is 1. The number of amides is 1. The zero-order valence-corrected chi connectivity index (χ0v) is 13.7. The van der Waals surface area contributed by atoms with E-state index in [0.717, 1.165) is 30.3 Å². The summed E-state index contributed by atoms with van der Waals surface area (Å²) in [6.45, 7) is 7.18. The first-order valence-electron chi connectivity index (χ1n) is 6.81. The summed E-state index contributed by atoms with van der Waals surface area (Å²) in [7, 11) is 0. The molecule has 1 aromatic rings. The summed E-state index contributed by atoms with van der Waals surface area (Å²) in [4.78, 5) is 11.9. The van der Waals surface area contributed by atoms with Gasteiger partial charge in [0, 0.05) is 11.9 Å². The van der Waals surface area contributed by atoms with Crippen LogP contribution in [0.15, 0.2) is 24.3 Å². The van der Waals surface area contributed by atoms with Crippen molar-refractivity contribution in [1.29, 1.82) is 0 Å². The number of rotatable bonds is 7. The molecule has 3 heteroatoms. The van der Waals surface area contributed by atoms with Crippen LogP contribution in [0.4, 0.5) is 0 Å². The Morgan fingerprint density at radius 2 is 2.11 bits per heavy atom. The predicted molar refractivity (Wildman–Crippen MR) is 84.7 cm³/mol. The molecular weight excluding hydrogens is 302 g/mol. The average molecular weight is 326 g/mol. The molecular formula is C16H24BrNO. The van der Waals surface area contributed by atoms with Crippen LogP contribution >= 0.6 is 15.9 Å². The summed E-state index contributed by atoms with van der Waals surface area (Å²) in [5.74, 6) is 0.109. The van der Waals surface area contributed by atoms with Crippen LogP contribution in [0.5, 0.6) is 0 Å². The number of carbonyl (C=O) groups is 1. The minimum absolute atomic E-state index is 0.109. The summed E-state index contributed by atoms with van der Waals surface area (Å²) in [6.07, 6.45) is 2.72. The number of alkyl halides is 1. The maximum atomic E-state index is 11.9. The van der Waals surface area contributed by atoms with Crippen molar-refractivity contribution >= 4 is 21.8 Å². The Kier molecular flexibility index (Phi) is 6.56. The van der Waals surface area contributed by atoms with Crippen LogP contribution in [-0.4, -0.2) is 17.8 Å². The second-order valence-electron chi connectivity index (χ2n) is 5.90. The van der Waals surface area contributed by atoms with Crippen molar-refractivity contribution in [3.8, 4) is 0 Å². The van der Waals surface area contributed by atoms with Crippen LogP contribution in [0.1, 0.15) is 37.8 Å². The largest absolute Gasteiger partial charge is 0.355 e. The molecule has 0 heterocycles. The molecule has 0 atom stereocenters. The number of hydrogen-bond donors (Lipinski definition) is 1. The van der Waals surface area contributed by atoms with Gasteiger partial charge < -0.3 is 5.32 Å². The van der Waals surface area contributed by atoms with E-state index in [2.05, 4.69) is 41.2 Å². The van der Waals surface area contributed by atoms with E-state index in [4.69, 9.17) is 0 Å². The Hall–Kier alpha value is -0.830. The lowest BCUT2D eigenvalue weighted by molar-refractivity contribution is -0.120. The first kappa shape index (κ1) is 16.2. The monoisotopic (exact) mass is 325 g/mol. The molecule has 0 bridgehead atoms. The number of nitrogens with one attached hydrogen (secondary N) is 1. The standard InChI is InChI=1S/C16H24BrNO/c1-13-6-4-7-14(10-13)11-15(19)18-12-16(2,3)8-5-9-17/h4,6-7,10H,5,8-9,11-12H2,1-3H3,(H,18,19). The Bertz CT molecular complexity index is 415. The molecule has 2 nitrogen and oxygen atoms in total. The lowest BCUT2D eigenvalue weighted by atomic mass is 9.88. The van der Waals surface area contributed by atoms with Gasteiger partial charge >= 0.3 is 0 Å². The highest BCUT2D eigenvalue weighted by molar-refractivity contribution is 9.09. The maximum absolute atomic E-state index is 11.9. The van der Waals surface area contributed by atoms with Crippen molar-refractivity contribution < 1.29 is 4.79 Å². The summed E-state index contributed by atoms with van der Waals surface area (Å²) in [5.41, 5.74) is 2.44. The van der Waals surface area contributed by atoms with E-state index in [1.54, 1.807) is 0 Å². The lowest BCUT2D eigenvalue weighted by Crippen LogP contribution is -2.34. The fraction of sp³-hybridized carbons (Fsp3) is 0.562. The third-order valence-electron chi connectivity index (χ3n) is 3.20. The summed E-state index contributed by atoms with van der Waals surface area (Å²) >= 11 is 3.45. The molecule has 0 saturated carbocycles. The first-order valence-corrected chi connectivity index (χ1v) is 7.93. The molecule has 0 aliphatic rings. The van der Waals surface area contributed by atoms with Gasteiger partial charge in [0.25, 0.3) is 0 Å². The van der Waals surface area contributed by atoms with Crippen LogP contribution in [0.25, 0.3) is 0 Å². The normalized spacial score (nSPS) is 11.4. The van der Waals surface area contributed by atoms with Crippen LogP contribution in [0.2, 0.25) is 0 Å². The third kappa shape index (κ3) is 6.76. The Morgan fingerprint density at radius 3 is 2.74 bits per heavy atom. The van der Waals surface area contributed by atoms with Crippen molar-refractivity contribution in [1.82, 2.24) is 5.32 Å². The Balaban J connectivity index is 2.39. The van der Waals surface area contributed by atoms with Crippen molar-refractivity contribution in [2.75, 3.05) is 11.9 Å². The molecule has 1 amide bonds. The van der Waals surface area contributed by atoms with E-state index in [0.29, 0.717) is 6.42 Å². The molecule has 0 saturated heterocycles.